The molecule has 0 radical (unpaired) electrons. The van der Waals surface area contributed by atoms with Gasteiger partial charge in [-0.25, -0.2) is 0 Å². The molecule has 1 rings (SSSR count). The number of hydrogen-bond donors (Lipinski definition) is 2. The molecule has 0 saturated heterocycles. The molecule has 2 N–H and O–H groups in total. The van der Waals surface area contributed by atoms with Gasteiger partial charge in [0.1, 0.15) is 11.4 Å². The SMILES string of the molecule is CCOCC(Nc1cccc(NC)c1[N+](=O)[O-])C(C)C. The van der Waals surface area contributed by atoms with Gasteiger partial charge in [0.05, 0.1) is 17.6 Å². The maximum atomic E-state index is 11.3. The lowest BCUT2D eigenvalue weighted by molar-refractivity contribution is -0.383. The Morgan fingerprint density at radius 1 is 1.35 bits per heavy atom. The smallest absolute Gasteiger partial charge is 0.315 e. The summed E-state index contributed by atoms with van der Waals surface area (Å²) >= 11 is 0. The van der Waals surface area contributed by atoms with Crippen LogP contribution in [0.3, 0.4) is 0 Å². The largest absolute Gasteiger partial charge is 0.382 e. The maximum absolute atomic E-state index is 11.3. The van der Waals surface area contributed by atoms with Crippen LogP contribution in [0.25, 0.3) is 0 Å². The molecule has 0 aromatic heterocycles. The van der Waals surface area contributed by atoms with E-state index in [1.54, 1.807) is 25.2 Å². The van der Waals surface area contributed by atoms with Crippen molar-refractivity contribution >= 4 is 17.1 Å². The van der Waals surface area contributed by atoms with Crippen molar-refractivity contribution in [3.05, 3.63) is 28.3 Å². The molecule has 1 aromatic rings. The van der Waals surface area contributed by atoms with Gasteiger partial charge >= 0.3 is 5.69 Å². The number of hydrogen-bond acceptors (Lipinski definition) is 5. The van der Waals surface area contributed by atoms with Gasteiger partial charge in [-0.2, -0.15) is 0 Å². The van der Waals surface area contributed by atoms with Crippen LogP contribution in [0.4, 0.5) is 17.1 Å². The Bertz CT molecular complexity index is 449. The number of nitrogens with zero attached hydrogens (tertiary/aromatic N) is 1. The molecule has 1 unspecified atom stereocenters. The monoisotopic (exact) mass is 281 g/mol. The van der Waals surface area contributed by atoms with Crippen LogP contribution in [-0.4, -0.2) is 31.2 Å². The highest BCUT2D eigenvalue weighted by Gasteiger charge is 2.22. The molecule has 0 heterocycles. The van der Waals surface area contributed by atoms with E-state index in [1.807, 2.05) is 6.92 Å². The molecular weight excluding hydrogens is 258 g/mol. The minimum absolute atomic E-state index is 0.0285. The molecule has 0 saturated carbocycles. The highest BCUT2D eigenvalue weighted by atomic mass is 16.6. The molecular formula is C14H23N3O3. The van der Waals surface area contributed by atoms with Gasteiger partial charge in [-0.3, -0.25) is 10.1 Å². The molecule has 1 atom stereocenters. The van der Waals surface area contributed by atoms with Gasteiger partial charge in [0, 0.05) is 13.7 Å². The zero-order valence-corrected chi connectivity index (χ0v) is 12.5. The summed E-state index contributed by atoms with van der Waals surface area (Å²) in [6.45, 7) is 7.20. The number of nitro benzene ring substituents is 1. The van der Waals surface area contributed by atoms with Crippen molar-refractivity contribution in [3.63, 3.8) is 0 Å². The fourth-order valence-electron chi connectivity index (χ4n) is 1.90. The molecule has 0 spiro atoms. The molecule has 0 aliphatic heterocycles. The summed E-state index contributed by atoms with van der Waals surface area (Å²) in [6.07, 6.45) is 0. The zero-order valence-electron chi connectivity index (χ0n) is 12.5. The average Bonchev–Trinajstić information content (AvgIpc) is 2.42. The van der Waals surface area contributed by atoms with Crippen molar-refractivity contribution in [3.8, 4) is 0 Å². The van der Waals surface area contributed by atoms with Crippen molar-refractivity contribution in [1.82, 2.24) is 0 Å². The van der Waals surface area contributed by atoms with Gasteiger partial charge in [0.25, 0.3) is 0 Å². The topological polar surface area (TPSA) is 76.4 Å². The minimum atomic E-state index is -0.369. The predicted molar refractivity (Wildman–Crippen MR) is 81.4 cm³/mol. The Balaban J connectivity index is 3.02. The number of benzene rings is 1. The lowest BCUT2D eigenvalue weighted by Gasteiger charge is -2.23. The highest BCUT2D eigenvalue weighted by Crippen LogP contribution is 2.33. The normalized spacial score (nSPS) is 12.2. The molecule has 0 amide bonds. The molecule has 0 bridgehead atoms. The van der Waals surface area contributed by atoms with E-state index >= 15 is 0 Å². The van der Waals surface area contributed by atoms with Crippen molar-refractivity contribution in [2.24, 2.45) is 5.92 Å². The Labute approximate surface area is 119 Å². The second-order valence-electron chi connectivity index (χ2n) is 4.86. The van der Waals surface area contributed by atoms with Crippen molar-refractivity contribution in [1.29, 1.82) is 0 Å². The molecule has 20 heavy (non-hydrogen) atoms. The van der Waals surface area contributed by atoms with E-state index in [1.165, 1.54) is 0 Å². The number of para-hydroxylation sites is 1. The first-order valence-corrected chi connectivity index (χ1v) is 6.80. The molecule has 1 aromatic carbocycles. The third kappa shape index (κ3) is 4.09. The Hall–Kier alpha value is -1.82. The number of nitrogens with one attached hydrogen (secondary N) is 2. The molecule has 112 valence electrons. The number of anilines is 2. The number of ether oxygens (including phenoxy) is 1. The van der Waals surface area contributed by atoms with Crippen LogP contribution < -0.4 is 10.6 Å². The van der Waals surface area contributed by atoms with E-state index in [-0.39, 0.29) is 16.7 Å². The van der Waals surface area contributed by atoms with Crippen LogP contribution >= 0.6 is 0 Å². The van der Waals surface area contributed by atoms with Gasteiger partial charge in [0.2, 0.25) is 0 Å². The van der Waals surface area contributed by atoms with Crippen molar-refractivity contribution < 1.29 is 9.66 Å². The quantitative estimate of drug-likeness (QED) is 0.565. The van der Waals surface area contributed by atoms with E-state index in [2.05, 4.69) is 24.5 Å². The van der Waals surface area contributed by atoms with Crippen LogP contribution in [0.15, 0.2) is 18.2 Å². The summed E-state index contributed by atoms with van der Waals surface area (Å²) < 4.78 is 5.44. The van der Waals surface area contributed by atoms with Crippen LogP contribution in [-0.2, 0) is 4.74 Å². The maximum Gasteiger partial charge on any atom is 0.315 e. The first-order chi connectivity index (χ1) is 9.51. The summed E-state index contributed by atoms with van der Waals surface area (Å²) in [5.41, 5.74) is 1.08. The molecule has 0 aliphatic rings. The van der Waals surface area contributed by atoms with Gasteiger partial charge in [0.15, 0.2) is 0 Å². The van der Waals surface area contributed by atoms with Crippen molar-refractivity contribution in [2.75, 3.05) is 30.9 Å². The standard InChI is InChI=1S/C14H23N3O3/c1-5-20-9-13(10(2)3)16-12-8-6-7-11(15-4)14(12)17(18)19/h6-8,10,13,15-16H,5,9H2,1-4H3. The highest BCUT2D eigenvalue weighted by molar-refractivity contribution is 5.76. The molecule has 0 aliphatic carbocycles. The third-order valence-electron chi connectivity index (χ3n) is 3.14. The van der Waals surface area contributed by atoms with E-state index in [9.17, 15) is 10.1 Å². The summed E-state index contributed by atoms with van der Waals surface area (Å²) in [5.74, 6) is 0.305. The van der Waals surface area contributed by atoms with E-state index < -0.39 is 0 Å². The van der Waals surface area contributed by atoms with Crippen molar-refractivity contribution in [2.45, 2.75) is 26.8 Å². The summed E-state index contributed by atoms with van der Waals surface area (Å²) in [7, 11) is 1.67. The predicted octanol–water partition coefficient (Wildman–Crippen LogP) is 3.11. The van der Waals surface area contributed by atoms with Crippen LogP contribution in [0.1, 0.15) is 20.8 Å². The van der Waals surface area contributed by atoms with E-state index in [0.717, 1.165) is 0 Å². The first-order valence-electron chi connectivity index (χ1n) is 6.80. The van der Waals surface area contributed by atoms with E-state index in [4.69, 9.17) is 4.74 Å². The van der Waals surface area contributed by atoms with Gasteiger partial charge in [-0.1, -0.05) is 19.9 Å². The molecule has 6 nitrogen and oxygen atoms in total. The zero-order chi connectivity index (χ0) is 15.1. The lowest BCUT2D eigenvalue weighted by atomic mass is 10.0. The fourth-order valence-corrected chi connectivity index (χ4v) is 1.90. The van der Waals surface area contributed by atoms with Crippen LogP contribution in [0.5, 0.6) is 0 Å². The lowest BCUT2D eigenvalue weighted by Crippen LogP contribution is -2.31. The van der Waals surface area contributed by atoms with Gasteiger partial charge < -0.3 is 15.4 Å². The van der Waals surface area contributed by atoms with Crippen LogP contribution in [0, 0.1) is 16.0 Å². The second kappa shape index (κ2) is 7.69. The van der Waals surface area contributed by atoms with Crippen LogP contribution in [0.2, 0.25) is 0 Å². The summed E-state index contributed by atoms with van der Waals surface area (Å²) in [4.78, 5) is 10.9. The Morgan fingerprint density at radius 2 is 2.00 bits per heavy atom. The first kappa shape index (κ1) is 16.2. The Kier molecular flexibility index (Phi) is 6.24. The van der Waals surface area contributed by atoms with Gasteiger partial charge in [-0.05, 0) is 25.0 Å². The fraction of sp³-hybridized carbons (Fsp3) is 0.571. The van der Waals surface area contributed by atoms with Gasteiger partial charge in [-0.15, -0.1) is 0 Å². The average molecular weight is 281 g/mol. The third-order valence-corrected chi connectivity index (χ3v) is 3.14. The van der Waals surface area contributed by atoms with E-state index in [0.29, 0.717) is 30.5 Å². The second-order valence-corrected chi connectivity index (χ2v) is 4.86. The molecule has 0 fully saturated rings. The minimum Gasteiger partial charge on any atom is -0.382 e. The number of nitro groups is 1. The summed E-state index contributed by atoms with van der Waals surface area (Å²) in [6, 6.07) is 5.23. The summed E-state index contributed by atoms with van der Waals surface area (Å²) in [5, 5.41) is 17.3. The number of rotatable bonds is 8. The molecule has 6 heteroatoms. The Morgan fingerprint density at radius 3 is 2.50 bits per heavy atom.